The highest BCUT2D eigenvalue weighted by Crippen LogP contribution is 2.45. The standard InChI is InChI=1S/C27H26FNO4S/c1-3-19-9-11-20(12-10-19)25-16-15-24(27(30)31)26(21-5-4-6-22(28)17-21)29(25)34(32,33)23-13-7-18(2)8-14-23/h4-15,17,25-26H,3,16H2,1-2H3,(H,30,31)/t25-,26-/m0/s1. The Labute approximate surface area is 199 Å². The smallest absolute Gasteiger partial charge is 0.333 e. The Balaban J connectivity index is 1.96. The molecule has 0 radical (unpaired) electrons. The van der Waals surface area contributed by atoms with Crippen molar-refractivity contribution in [1.82, 2.24) is 4.31 Å². The maximum atomic E-state index is 14.2. The van der Waals surface area contributed by atoms with Crippen LogP contribution in [-0.4, -0.2) is 23.8 Å². The molecule has 0 bridgehead atoms. The lowest BCUT2D eigenvalue weighted by molar-refractivity contribution is -0.133. The molecule has 0 saturated carbocycles. The highest BCUT2D eigenvalue weighted by Gasteiger charge is 2.44. The van der Waals surface area contributed by atoms with Crippen molar-refractivity contribution in [2.45, 2.75) is 43.7 Å². The zero-order valence-electron chi connectivity index (χ0n) is 19.0. The largest absolute Gasteiger partial charge is 0.478 e. The van der Waals surface area contributed by atoms with Gasteiger partial charge in [-0.15, -0.1) is 0 Å². The van der Waals surface area contributed by atoms with Crippen LogP contribution in [0.25, 0.3) is 0 Å². The summed E-state index contributed by atoms with van der Waals surface area (Å²) in [4.78, 5) is 12.3. The number of halogens is 1. The van der Waals surface area contributed by atoms with Gasteiger partial charge in [-0.05, 0) is 60.7 Å². The van der Waals surface area contributed by atoms with Crippen molar-refractivity contribution >= 4 is 16.0 Å². The predicted octanol–water partition coefficient (Wildman–Crippen LogP) is 5.58. The van der Waals surface area contributed by atoms with Crippen molar-refractivity contribution in [2.24, 2.45) is 0 Å². The second-order valence-electron chi connectivity index (χ2n) is 8.42. The molecule has 3 aromatic carbocycles. The molecule has 176 valence electrons. The van der Waals surface area contributed by atoms with Gasteiger partial charge in [0.2, 0.25) is 10.0 Å². The van der Waals surface area contributed by atoms with E-state index >= 15 is 0 Å². The molecule has 2 atom stereocenters. The highest BCUT2D eigenvalue weighted by molar-refractivity contribution is 7.89. The van der Waals surface area contributed by atoms with Crippen LogP contribution in [0.3, 0.4) is 0 Å². The van der Waals surface area contributed by atoms with Crippen molar-refractivity contribution < 1.29 is 22.7 Å². The SMILES string of the molecule is CCc1ccc([C@@H]2CC=C(C(=O)O)[C@H](c3cccc(F)c3)N2S(=O)(=O)c2ccc(C)cc2)cc1. The van der Waals surface area contributed by atoms with E-state index in [1.54, 1.807) is 24.3 Å². The normalized spacial score (nSPS) is 19.0. The molecule has 1 aliphatic rings. The molecule has 0 saturated heterocycles. The van der Waals surface area contributed by atoms with Crippen molar-refractivity contribution in [3.05, 3.63) is 113 Å². The second kappa shape index (κ2) is 9.52. The summed E-state index contributed by atoms with van der Waals surface area (Å²) in [5.74, 6) is -1.80. The molecular formula is C27H26FNO4S. The first kappa shape index (κ1) is 23.9. The molecule has 1 heterocycles. The van der Waals surface area contributed by atoms with Crippen LogP contribution in [0.15, 0.2) is 89.3 Å². The van der Waals surface area contributed by atoms with Crippen LogP contribution < -0.4 is 0 Å². The number of carboxylic acids is 1. The van der Waals surface area contributed by atoms with Gasteiger partial charge in [0, 0.05) is 0 Å². The lowest BCUT2D eigenvalue weighted by Gasteiger charge is -2.40. The van der Waals surface area contributed by atoms with E-state index in [1.807, 2.05) is 38.1 Å². The third-order valence-electron chi connectivity index (χ3n) is 6.20. The molecule has 3 aromatic rings. The van der Waals surface area contributed by atoms with Gasteiger partial charge in [0.1, 0.15) is 5.82 Å². The zero-order valence-corrected chi connectivity index (χ0v) is 19.8. The first-order valence-electron chi connectivity index (χ1n) is 11.1. The van der Waals surface area contributed by atoms with Crippen LogP contribution in [0, 0.1) is 12.7 Å². The molecule has 34 heavy (non-hydrogen) atoms. The van der Waals surface area contributed by atoms with Gasteiger partial charge in [-0.25, -0.2) is 17.6 Å². The van der Waals surface area contributed by atoms with Gasteiger partial charge >= 0.3 is 5.97 Å². The number of hydrogen-bond donors (Lipinski definition) is 1. The van der Waals surface area contributed by atoms with Crippen LogP contribution >= 0.6 is 0 Å². The van der Waals surface area contributed by atoms with Crippen molar-refractivity contribution in [3.8, 4) is 0 Å². The van der Waals surface area contributed by atoms with E-state index in [2.05, 4.69) is 0 Å². The zero-order chi connectivity index (χ0) is 24.5. The van der Waals surface area contributed by atoms with E-state index in [1.165, 1.54) is 34.6 Å². The Kier molecular flexibility index (Phi) is 6.68. The van der Waals surface area contributed by atoms with E-state index in [4.69, 9.17) is 0 Å². The van der Waals surface area contributed by atoms with E-state index in [0.717, 1.165) is 23.1 Å². The van der Waals surface area contributed by atoms with E-state index in [0.29, 0.717) is 0 Å². The molecule has 0 spiro atoms. The minimum atomic E-state index is -4.16. The number of hydrogen-bond acceptors (Lipinski definition) is 3. The Hall–Kier alpha value is -3.29. The number of rotatable bonds is 6. The molecule has 1 N–H and O–H groups in total. The van der Waals surface area contributed by atoms with Crippen molar-refractivity contribution in [3.63, 3.8) is 0 Å². The summed E-state index contributed by atoms with van der Waals surface area (Å²) >= 11 is 0. The van der Waals surface area contributed by atoms with E-state index < -0.39 is 33.9 Å². The number of sulfonamides is 1. The molecule has 0 fully saturated rings. The van der Waals surface area contributed by atoms with Gasteiger partial charge in [0.15, 0.2) is 0 Å². The molecule has 0 unspecified atom stereocenters. The summed E-state index contributed by atoms with van der Waals surface area (Å²) in [7, 11) is -4.16. The molecule has 4 rings (SSSR count). The first-order chi connectivity index (χ1) is 16.2. The van der Waals surface area contributed by atoms with Crippen LogP contribution in [0.4, 0.5) is 4.39 Å². The van der Waals surface area contributed by atoms with Crippen LogP contribution in [-0.2, 0) is 21.2 Å². The van der Waals surface area contributed by atoms with Gasteiger partial charge < -0.3 is 5.11 Å². The summed E-state index contributed by atoms with van der Waals surface area (Å²) in [6, 6.07) is 17.7. The van der Waals surface area contributed by atoms with Gasteiger partial charge in [0.25, 0.3) is 0 Å². The Morgan fingerprint density at radius 3 is 2.29 bits per heavy atom. The van der Waals surface area contributed by atoms with Crippen molar-refractivity contribution in [1.29, 1.82) is 0 Å². The fourth-order valence-corrected chi connectivity index (χ4v) is 6.15. The van der Waals surface area contributed by atoms with Gasteiger partial charge in [-0.1, -0.05) is 67.1 Å². The fraction of sp³-hybridized carbons (Fsp3) is 0.222. The average molecular weight is 480 g/mol. The number of aryl methyl sites for hydroxylation is 2. The molecule has 0 amide bonds. The Morgan fingerprint density at radius 2 is 1.71 bits per heavy atom. The monoisotopic (exact) mass is 479 g/mol. The third kappa shape index (κ3) is 4.54. The third-order valence-corrected chi connectivity index (χ3v) is 8.09. The van der Waals surface area contributed by atoms with Crippen LogP contribution in [0.2, 0.25) is 0 Å². The lowest BCUT2D eigenvalue weighted by Crippen LogP contribution is -2.42. The molecular weight excluding hydrogens is 453 g/mol. The Morgan fingerprint density at radius 1 is 1.03 bits per heavy atom. The van der Waals surface area contributed by atoms with Gasteiger partial charge in [0.05, 0.1) is 22.6 Å². The molecule has 7 heteroatoms. The topological polar surface area (TPSA) is 74.7 Å². The quantitative estimate of drug-likeness (QED) is 0.501. The van der Waals surface area contributed by atoms with Gasteiger partial charge in [-0.2, -0.15) is 4.31 Å². The first-order valence-corrected chi connectivity index (χ1v) is 12.5. The van der Waals surface area contributed by atoms with E-state index in [-0.39, 0.29) is 22.5 Å². The number of nitrogens with zero attached hydrogens (tertiary/aromatic N) is 1. The minimum Gasteiger partial charge on any atom is -0.478 e. The number of carbonyl (C=O) groups is 1. The van der Waals surface area contributed by atoms with Crippen molar-refractivity contribution in [2.75, 3.05) is 0 Å². The highest BCUT2D eigenvalue weighted by atomic mass is 32.2. The molecule has 0 aliphatic carbocycles. The minimum absolute atomic E-state index is 0.0568. The van der Waals surface area contributed by atoms with Gasteiger partial charge in [-0.3, -0.25) is 0 Å². The van der Waals surface area contributed by atoms with Crippen LogP contribution in [0.1, 0.15) is 47.7 Å². The Bertz CT molecular complexity index is 1330. The molecule has 1 aliphatic heterocycles. The van der Waals surface area contributed by atoms with Crippen LogP contribution in [0.5, 0.6) is 0 Å². The average Bonchev–Trinajstić information content (AvgIpc) is 2.83. The second-order valence-corrected chi connectivity index (χ2v) is 10.3. The van der Waals surface area contributed by atoms with E-state index in [9.17, 15) is 22.7 Å². The summed E-state index contributed by atoms with van der Waals surface area (Å²) in [5.41, 5.74) is 2.92. The summed E-state index contributed by atoms with van der Waals surface area (Å²) in [6.45, 7) is 3.89. The molecule has 5 nitrogen and oxygen atoms in total. The summed E-state index contributed by atoms with van der Waals surface area (Å²) in [5, 5.41) is 9.97. The predicted molar refractivity (Wildman–Crippen MR) is 128 cm³/mol. The lowest BCUT2D eigenvalue weighted by atomic mass is 9.89. The fourth-order valence-electron chi connectivity index (χ4n) is 4.38. The maximum Gasteiger partial charge on any atom is 0.333 e. The molecule has 0 aromatic heterocycles. The number of benzene rings is 3. The number of aliphatic carboxylic acids is 1. The maximum absolute atomic E-state index is 14.2. The summed E-state index contributed by atoms with van der Waals surface area (Å²) < 4.78 is 43.6. The number of carboxylic acid groups (broad SMARTS) is 1. The summed E-state index contributed by atoms with van der Waals surface area (Å²) in [6.07, 6.45) is 2.58.